The normalized spacial score (nSPS) is 17.1. The third kappa shape index (κ3) is 4.18. The maximum atomic E-state index is 13.7. The zero-order valence-corrected chi connectivity index (χ0v) is 17.1. The third-order valence-electron chi connectivity index (χ3n) is 4.50. The molecule has 0 radical (unpaired) electrons. The Kier molecular flexibility index (Phi) is 5.76. The number of thioether (sulfide) groups is 1. The number of hydrogen-bond acceptors (Lipinski definition) is 5. The van der Waals surface area contributed by atoms with Gasteiger partial charge in [-0.05, 0) is 54.4 Å². The van der Waals surface area contributed by atoms with E-state index in [1.165, 1.54) is 22.8 Å². The van der Waals surface area contributed by atoms with E-state index in [2.05, 4.69) is 10.1 Å². The number of nitrogens with zero attached hydrogens (tertiary/aromatic N) is 3. The first-order valence-electron chi connectivity index (χ1n) is 9.50. The summed E-state index contributed by atoms with van der Waals surface area (Å²) in [4.78, 5) is 16.5. The molecule has 2 aromatic carbocycles. The van der Waals surface area contributed by atoms with Gasteiger partial charge in [0.05, 0.1) is 5.57 Å². The zero-order chi connectivity index (χ0) is 21.1. The number of hydrogen-bond donors (Lipinski definition) is 1. The van der Waals surface area contributed by atoms with Crippen LogP contribution in [0.15, 0.2) is 64.2 Å². The van der Waals surface area contributed by atoms with E-state index < -0.39 is 5.91 Å². The molecule has 0 saturated heterocycles. The average Bonchev–Trinajstić information content (AvgIpc) is 3.14. The van der Waals surface area contributed by atoms with Crippen LogP contribution in [0.25, 0.3) is 6.08 Å². The molecule has 1 amide bonds. The van der Waals surface area contributed by atoms with Crippen LogP contribution in [0.1, 0.15) is 30.9 Å². The molecular weight excluding hydrogens is 403 g/mol. The highest BCUT2D eigenvalue weighted by Gasteiger charge is 2.35. The molecule has 2 aliphatic rings. The topological polar surface area (TPSA) is 78.1 Å². The van der Waals surface area contributed by atoms with Gasteiger partial charge in [0.2, 0.25) is 5.17 Å². The monoisotopic (exact) mass is 422 g/mol. The van der Waals surface area contributed by atoms with Gasteiger partial charge in [-0.3, -0.25) is 10.2 Å². The Bertz CT molecular complexity index is 1090. The number of amides is 1. The molecule has 2 heterocycles. The molecule has 30 heavy (non-hydrogen) atoms. The Balaban J connectivity index is 1.48. The lowest BCUT2D eigenvalue weighted by Gasteiger charge is -2.20. The molecule has 152 valence electrons. The van der Waals surface area contributed by atoms with Gasteiger partial charge in [-0.2, -0.15) is 15.1 Å². The van der Waals surface area contributed by atoms with E-state index in [1.54, 1.807) is 48.5 Å². The molecule has 0 saturated carbocycles. The molecule has 4 rings (SSSR count). The quantitative estimate of drug-likeness (QED) is 0.677. The summed E-state index contributed by atoms with van der Waals surface area (Å²) in [6, 6.07) is 13.5. The van der Waals surface area contributed by atoms with Crippen LogP contribution in [0.2, 0.25) is 0 Å². The molecule has 2 aliphatic heterocycles. The maximum absolute atomic E-state index is 13.7. The first kappa shape index (κ1) is 20.0. The Morgan fingerprint density at radius 3 is 2.70 bits per heavy atom. The summed E-state index contributed by atoms with van der Waals surface area (Å²) in [5, 5.41) is 15.5. The summed E-state index contributed by atoms with van der Waals surface area (Å²) in [5.41, 5.74) is 1.38. The average molecular weight is 422 g/mol. The zero-order valence-electron chi connectivity index (χ0n) is 16.3. The standard InChI is InChI=1S/C22H19FN4O2S/c1-2-5-19-26-27-20(24)17(21(28)25-22(27)30-19)12-14-8-10-16(11-9-14)29-13-15-6-3-4-7-18(15)23/h3-4,6-12,24H,2,5,13H2,1H3. The van der Waals surface area contributed by atoms with Crippen molar-refractivity contribution in [2.75, 3.05) is 0 Å². The molecule has 0 aromatic heterocycles. The van der Waals surface area contributed by atoms with Crippen LogP contribution in [-0.2, 0) is 11.4 Å². The number of ether oxygens (including phenoxy) is 1. The summed E-state index contributed by atoms with van der Waals surface area (Å²) < 4.78 is 19.3. The smallest absolute Gasteiger partial charge is 0.283 e. The lowest BCUT2D eigenvalue weighted by atomic mass is 10.1. The Morgan fingerprint density at radius 2 is 1.97 bits per heavy atom. The molecule has 0 fully saturated rings. The van der Waals surface area contributed by atoms with Gasteiger partial charge in [0.25, 0.3) is 5.91 Å². The number of fused-ring (bicyclic) bond motifs is 1. The molecule has 0 atom stereocenters. The van der Waals surface area contributed by atoms with Crippen molar-refractivity contribution in [2.24, 2.45) is 10.1 Å². The van der Waals surface area contributed by atoms with Crippen molar-refractivity contribution in [1.82, 2.24) is 5.01 Å². The van der Waals surface area contributed by atoms with Crippen molar-refractivity contribution < 1.29 is 13.9 Å². The minimum absolute atomic E-state index is 0.0171. The SMILES string of the molecule is CCCC1=NN2C(=N)C(=Cc3ccc(OCc4ccccc4F)cc3)C(=O)N=C2S1. The van der Waals surface area contributed by atoms with Crippen LogP contribution < -0.4 is 4.74 Å². The fourth-order valence-electron chi connectivity index (χ4n) is 2.95. The number of nitrogens with one attached hydrogen (secondary N) is 1. The lowest BCUT2D eigenvalue weighted by Crippen LogP contribution is -2.35. The van der Waals surface area contributed by atoms with Crippen LogP contribution in [0.4, 0.5) is 4.39 Å². The van der Waals surface area contributed by atoms with Gasteiger partial charge < -0.3 is 4.74 Å². The summed E-state index contributed by atoms with van der Waals surface area (Å²) in [5.74, 6) is -0.163. The predicted molar refractivity (Wildman–Crippen MR) is 117 cm³/mol. The Hall–Kier alpha value is -3.26. The minimum Gasteiger partial charge on any atom is -0.489 e. The van der Waals surface area contributed by atoms with E-state index >= 15 is 0 Å². The summed E-state index contributed by atoms with van der Waals surface area (Å²) in [6.45, 7) is 2.17. The maximum Gasteiger partial charge on any atom is 0.283 e. The van der Waals surface area contributed by atoms with E-state index in [0.29, 0.717) is 16.5 Å². The van der Waals surface area contributed by atoms with Crippen LogP contribution in [0.5, 0.6) is 5.75 Å². The second-order valence-corrected chi connectivity index (χ2v) is 7.75. The number of aliphatic imine (C=N–C) groups is 1. The second-order valence-electron chi connectivity index (χ2n) is 6.71. The van der Waals surface area contributed by atoms with E-state index in [9.17, 15) is 9.18 Å². The Labute approximate surface area is 177 Å². The van der Waals surface area contributed by atoms with Crippen LogP contribution in [-0.4, -0.2) is 27.0 Å². The summed E-state index contributed by atoms with van der Waals surface area (Å²) in [6.07, 6.45) is 3.33. The van der Waals surface area contributed by atoms with Gasteiger partial charge in [0.15, 0.2) is 5.84 Å². The number of hydrazone groups is 1. The van der Waals surface area contributed by atoms with Crippen LogP contribution in [0, 0.1) is 11.2 Å². The van der Waals surface area contributed by atoms with Gasteiger partial charge in [-0.1, -0.05) is 37.3 Å². The fraction of sp³-hybridized carbons (Fsp3) is 0.182. The molecule has 0 unspecified atom stereocenters. The number of halogens is 1. The molecule has 2 aromatic rings. The van der Waals surface area contributed by atoms with Gasteiger partial charge in [0, 0.05) is 5.56 Å². The molecule has 0 aliphatic carbocycles. The number of carbonyl (C=O) groups excluding carboxylic acids is 1. The van der Waals surface area contributed by atoms with Crippen molar-refractivity contribution >= 4 is 39.8 Å². The number of carbonyl (C=O) groups is 1. The highest BCUT2D eigenvalue weighted by atomic mass is 32.2. The largest absolute Gasteiger partial charge is 0.489 e. The molecule has 0 bridgehead atoms. The lowest BCUT2D eigenvalue weighted by molar-refractivity contribution is -0.114. The second kappa shape index (κ2) is 8.62. The number of amidine groups is 2. The molecular formula is C22H19FN4O2S. The number of rotatable bonds is 6. The molecule has 0 spiro atoms. The number of benzene rings is 2. The van der Waals surface area contributed by atoms with E-state index in [-0.39, 0.29) is 23.8 Å². The van der Waals surface area contributed by atoms with Gasteiger partial charge in [-0.25, -0.2) is 4.39 Å². The van der Waals surface area contributed by atoms with Crippen LogP contribution >= 0.6 is 11.8 Å². The first-order valence-corrected chi connectivity index (χ1v) is 10.3. The van der Waals surface area contributed by atoms with Crippen molar-refractivity contribution in [3.05, 3.63) is 71.0 Å². The van der Waals surface area contributed by atoms with Crippen molar-refractivity contribution in [1.29, 1.82) is 5.41 Å². The Morgan fingerprint density at radius 1 is 1.20 bits per heavy atom. The van der Waals surface area contributed by atoms with Crippen molar-refractivity contribution in [3.63, 3.8) is 0 Å². The van der Waals surface area contributed by atoms with Crippen molar-refractivity contribution in [2.45, 2.75) is 26.4 Å². The van der Waals surface area contributed by atoms with Gasteiger partial charge >= 0.3 is 0 Å². The van der Waals surface area contributed by atoms with Gasteiger partial charge in [-0.15, -0.1) is 0 Å². The third-order valence-corrected chi connectivity index (χ3v) is 5.47. The summed E-state index contributed by atoms with van der Waals surface area (Å²) in [7, 11) is 0. The van der Waals surface area contributed by atoms with Gasteiger partial charge in [0.1, 0.15) is 23.2 Å². The van der Waals surface area contributed by atoms with Crippen molar-refractivity contribution in [3.8, 4) is 5.75 Å². The molecule has 8 heteroatoms. The molecule has 6 nitrogen and oxygen atoms in total. The summed E-state index contributed by atoms with van der Waals surface area (Å²) >= 11 is 1.34. The van der Waals surface area contributed by atoms with E-state index in [1.807, 2.05) is 6.92 Å². The highest BCUT2D eigenvalue weighted by Crippen LogP contribution is 2.30. The predicted octanol–water partition coefficient (Wildman–Crippen LogP) is 4.82. The van der Waals surface area contributed by atoms with Crippen LogP contribution in [0.3, 0.4) is 0 Å². The van der Waals surface area contributed by atoms with E-state index in [4.69, 9.17) is 10.1 Å². The first-order chi connectivity index (χ1) is 14.5. The fourth-order valence-corrected chi connectivity index (χ4v) is 3.94. The molecule has 1 N–H and O–H groups in total. The minimum atomic E-state index is -0.452. The van der Waals surface area contributed by atoms with E-state index in [0.717, 1.165) is 23.4 Å². The highest BCUT2D eigenvalue weighted by molar-refractivity contribution is 8.26.